The molecule has 4 heteroatoms. The summed E-state index contributed by atoms with van der Waals surface area (Å²) in [5, 5.41) is 0. The first-order chi connectivity index (χ1) is 7.15. The van der Waals surface area contributed by atoms with E-state index in [1.54, 1.807) is 7.11 Å². The zero-order valence-corrected chi connectivity index (χ0v) is 9.06. The predicted octanol–water partition coefficient (Wildman–Crippen LogP) is 1.01. The van der Waals surface area contributed by atoms with Gasteiger partial charge in [0.05, 0.1) is 12.8 Å². The van der Waals surface area contributed by atoms with Gasteiger partial charge in [0.15, 0.2) is 0 Å². The molecule has 1 rings (SSSR count). The Hall–Kier alpha value is -1.71. The van der Waals surface area contributed by atoms with E-state index in [1.807, 2.05) is 36.2 Å². The van der Waals surface area contributed by atoms with Gasteiger partial charge in [0.25, 0.3) is 0 Å². The second-order valence-electron chi connectivity index (χ2n) is 3.31. The average Bonchev–Trinajstić information content (AvgIpc) is 2.25. The molecule has 0 heterocycles. The summed E-state index contributed by atoms with van der Waals surface area (Å²) in [7, 11) is 3.53. The lowest BCUT2D eigenvalue weighted by molar-refractivity contribution is -0.117. The van der Waals surface area contributed by atoms with Crippen molar-refractivity contribution < 1.29 is 9.53 Å². The number of anilines is 1. The van der Waals surface area contributed by atoms with Gasteiger partial charge in [-0.05, 0) is 12.1 Å². The molecule has 1 amide bonds. The van der Waals surface area contributed by atoms with Crippen molar-refractivity contribution in [2.45, 2.75) is 6.42 Å². The summed E-state index contributed by atoms with van der Waals surface area (Å²) in [4.78, 5) is 12.6. The highest BCUT2D eigenvalue weighted by molar-refractivity contribution is 5.74. The molecule has 0 saturated carbocycles. The first-order valence-electron chi connectivity index (χ1n) is 4.77. The molecule has 4 nitrogen and oxygen atoms in total. The van der Waals surface area contributed by atoms with Crippen molar-refractivity contribution in [1.29, 1.82) is 0 Å². The summed E-state index contributed by atoms with van der Waals surface area (Å²) in [6.45, 7) is 0.593. The molecule has 0 saturated heterocycles. The number of para-hydroxylation sites is 2. The molecule has 0 aliphatic rings. The Bertz CT molecular complexity index is 339. The Morgan fingerprint density at radius 3 is 2.73 bits per heavy atom. The van der Waals surface area contributed by atoms with Crippen molar-refractivity contribution in [3.8, 4) is 5.75 Å². The molecule has 82 valence electrons. The molecule has 0 fully saturated rings. The Morgan fingerprint density at radius 1 is 1.47 bits per heavy atom. The van der Waals surface area contributed by atoms with Gasteiger partial charge < -0.3 is 15.4 Å². The monoisotopic (exact) mass is 208 g/mol. The Morgan fingerprint density at radius 2 is 2.13 bits per heavy atom. The number of amides is 1. The number of nitrogens with two attached hydrogens (primary N) is 1. The summed E-state index contributed by atoms with van der Waals surface area (Å²) >= 11 is 0. The highest BCUT2D eigenvalue weighted by Crippen LogP contribution is 2.26. The SMILES string of the molecule is COc1ccccc1N(C)CCC(N)=O. The van der Waals surface area contributed by atoms with Gasteiger partial charge in [-0.2, -0.15) is 0 Å². The third kappa shape index (κ3) is 3.16. The Labute approximate surface area is 89.6 Å². The summed E-state index contributed by atoms with van der Waals surface area (Å²) in [5.74, 6) is 0.501. The lowest BCUT2D eigenvalue weighted by Gasteiger charge is -2.20. The number of primary amides is 1. The molecule has 1 aromatic carbocycles. The van der Waals surface area contributed by atoms with Crippen LogP contribution in [0.3, 0.4) is 0 Å². The van der Waals surface area contributed by atoms with Gasteiger partial charge >= 0.3 is 0 Å². The van der Waals surface area contributed by atoms with E-state index in [4.69, 9.17) is 10.5 Å². The highest BCUT2D eigenvalue weighted by Gasteiger charge is 2.07. The van der Waals surface area contributed by atoms with Crippen LogP contribution >= 0.6 is 0 Å². The molecular weight excluding hydrogens is 192 g/mol. The van der Waals surface area contributed by atoms with Crippen LogP contribution in [0.15, 0.2) is 24.3 Å². The molecule has 0 aliphatic carbocycles. The maximum Gasteiger partial charge on any atom is 0.219 e. The first-order valence-corrected chi connectivity index (χ1v) is 4.77. The van der Waals surface area contributed by atoms with E-state index >= 15 is 0 Å². The molecular formula is C11H16N2O2. The number of benzene rings is 1. The van der Waals surface area contributed by atoms with Gasteiger partial charge in [-0.1, -0.05) is 12.1 Å². The Kier molecular flexibility index (Phi) is 3.97. The summed E-state index contributed by atoms with van der Waals surface area (Å²) in [6.07, 6.45) is 0.342. The van der Waals surface area contributed by atoms with E-state index in [1.165, 1.54) is 0 Å². The molecule has 15 heavy (non-hydrogen) atoms. The number of hydrogen-bond donors (Lipinski definition) is 1. The molecule has 0 bridgehead atoms. The lowest BCUT2D eigenvalue weighted by Crippen LogP contribution is -2.24. The maximum atomic E-state index is 10.7. The molecule has 2 N–H and O–H groups in total. The van der Waals surface area contributed by atoms with Crippen LogP contribution in [-0.2, 0) is 4.79 Å². The van der Waals surface area contributed by atoms with Gasteiger partial charge in [0.1, 0.15) is 5.75 Å². The molecule has 0 atom stereocenters. The van der Waals surface area contributed by atoms with Crippen molar-refractivity contribution in [2.24, 2.45) is 5.73 Å². The van der Waals surface area contributed by atoms with Crippen LogP contribution in [0.5, 0.6) is 5.75 Å². The van der Waals surface area contributed by atoms with Gasteiger partial charge in [-0.15, -0.1) is 0 Å². The topological polar surface area (TPSA) is 55.6 Å². The van der Waals surface area contributed by atoms with Crippen molar-refractivity contribution in [2.75, 3.05) is 25.6 Å². The minimum absolute atomic E-state index is 0.295. The van der Waals surface area contributed by atoms with E-state index in [9.17, 15) is 4.79 Å². The normalized spacial score (nSPS) is 9.73. The number of rotatable bonds is 5. The zero-order chi connectivity index (χ0) is 11.3. The standard InChI is InChI=1S/C11H16N2O2/c1-13(8-7-11(12)14)9-5-3-4-6-10(9)15-2/h3-6H,7-8H2,1-2H3,(H2,12,14). The van der Waals surface area contributed by atoms with Crippen molar-refractivity contribution in [1.82, 2.24) is 0 Å². The Balaban J connectivity index is 2.72. The fraction of sp³-hybridized carbons (Fsp3) is 0.364. The quantitative estimate of drug-likeness (QED) is 0.785. The highest BCUT2D eigenvalue weighted by atomic mass is 16.5. The van der Waals surface area contributed by atoms with Crippen LogP contribution in [0.4, 0.5) is 5.69 Å². The number of carbonyl (C=O) groups is 1. The fourth-order valence-corrected chi connectivity index (χ4v) is 1.34. The minimum atomic E-state index is -0.295. The zero-order valence-electron chi connectivity index (χ0n) is 9.06. The number of carbonyl (C=O) groups excluding carboxylic acids is 1. The van der Waals surface area contributed by atoms with E-state index in [2.05, 4.69) is 0 Å². The van der Waals surface area contributed by atoms with Crippen LogP contribution in [0.1, 0.15) is 6.42 Å². The van der Waals surface area contributed by atoms with Gasteiger partial charge in [0.2, 0.25) is 5.91 Å². The molecule has 0 aliphatic heterocycles. The molecule has 0 unspecified atom stereocenters. The smallest absolute Gasteiger partial charge is 0.219 e. The van der Waals surface area contributed by atoms with Crippen molar-refractivity contribution in [3.05, 3.63) is 24.3 Å². The van der Waals surface area contributed by atoms with Crippen molar-refractivity contribution in [3.63, 3.8) is 0 Å². The first kappa shape index (κ1) is 11.4. The van der Waals surface area contributed by atoms with E-state index in [0.717, 1.165) is 11.4 Å². The largest absolute Gasteiger partial charge is 0.495 e. The number of methoxy groups -OCH3 is 1. The number of nitrogens with zero attached hydrogens (tertiary/aromatic N) is 1. The summed E-state index contributed by atoms with van der Waals surface area (Å²) in [5.41, 5.74) is 6.05. The number of hydrogen-bond acceptors (Lipinski definition) is 3. The second kappa shape index (κ2) is 5.24. The maximum absolute atomic E-state index is 10.7. The van der Waals surface area contributed by atoms with E-state index in [-0.39, 0.29) is 5.91 Å². The van der Waals surface area contributed by atoms with Gasteiger partial charge in [0, 0.05) is 20.0 Å². The van der Waals surface area contributed by atoms with E-state index < -0.39 is 0 Å². The van der Waals surface area contributed by atoms with Gasteiger partial charge in [-0.3, -0.25) is 4.79 Å². The fourth-order valence-electron chi connectivity index (χ4n) is 1.34. The lowest BCUT2D eigenvalue weighted by atomic mass is 10.2. The third-order valence-corrected chi connectivity index (χ3v) is 2.19. The predicted molar refractivity (Wildman–Crippen MR) is 60.1 cm³/mol. The van der Waals surface area contributed by atoms with Crippen LogP contribution in [0.25, 0.3) is 0 Å². The summed E-state index contributed by atoms with van der Waals surface area (Å²) in [6, 6.07) is 7.67. The summed E-state index contributed by atoms with van der Waals surface area (Å²) < 4.78 is 5.22. The molecule has 0 radical (unpaired) electrons. The average molecular weight is 208 g/mol. The van der Waals surface area contributed by atoms with Crippen molar-refractivity contribution >= 4 is 11.6 Å². The number of ether oxygens (including phenoxy) is 1. The van der Waals surface area contributed by atoms with Crippen LogP contribution in [0.2, 0.25) is 0 Å². The van der Waals surface area contributed by atoms with E-state index in [0.29, 0.717) is 13.0 Å². The van der Waals surface area contributed by atoms with Gasteiger partial charge in [-0.25, -0.2) is 0 Å². The second-order valence-corrected chi connectivity index (χ2v) is 3.31. The van der Waals surface area contributed by atoms with Crippen LogP contribution in [-0.4, -0.2) is 26.6 Å². The third-order valence-electron chi connectivity index (χ3n) is 2.19. The minimum Gasteiger partial charge on any atom is -0.495 e. The molecule has 1 aromatic rings. The van der Waals surface area contributed by atoms with Crippen LogP contribution < -0.4 is 15.4 Å². The molecule has 0 aromatic heterocycles. The molecule has 0 spiro atoms. The van der Waals surface area contributed by atoms with Crippen LogP contribution in [0, 0.1) is 0 Å².